The Hall–Kier alpha value is -2.82. The summed E-state index contributed by atoms with van der Waals surface area (Å²) >= 11 is 0. The zero-order valence-corrected chi connectivity index (χ0v) is 33.4. The second kappa shape index (κ2) is 17.9. The van der Waals surface area contributed by atoms with E-state index in [1.807, 2.05) is 0 Å². The van der Waals surface area contributed by atoms with Gasteiger partial charge in [-0.3, -0.25) is 9.59 Å². The van der Waals surface area contributed by atoms with Crippen molar-refractivity contribution in [2.24, 2.45) is 0 Å². The number of amides is 1. The van der Waals surface area contributed by atoms with E-state index in [0.717, 1.165) is 78.5 Å². The van der Waals surface area contributed by atoms with Crippen LogP contribution < -0.4 is 5.32 Å². The minimum absolute atomic E-state index is 0.0876. The third kappa shape index (κ3) is 14.1. The van der Waals surface area contributed by atoms with Crippen molar-refractivity contribution in [2.75, 3.05) is 6.54 Å². The largest absolute Gasteiger partial charge is 0.507 e. The summed E-state index contributed by atoms with van der Waals surface area (Å²) in [5, 5.41) is 25.0. The van der Waals surface area contributed by atoms with Crippen LogP contribution in [0.5, 0.6) is 11.5 Å². The van der Waals surface area contributed by atoms with Crippen molar-refractivity contribution in [3.05, 3.63) is 57.6 Å². The second-order valence-corrected chi connectivity index (χ2v) is 18.5. The lowest BCUT2D eigenvalue weighted by Gasteiger charge is -2.28. The first kappa shape index (κ1) is 42.3. The van der Waals surface area contributed by atoms with Gasteiger partial charge >= 0.3 is 0 Å². The van der Waals surface area contributed by atoms with E-state index in [-0.39, 0.29) is 27.6 Å². The van der Waals surface area contributed by atoms with Crippen molar-refractivity contribution in [3.63, 3.8) is 0 Å². The van der Waals surface area contributed by atoms with Crippen molar-refractivity contribution in [1.29, 1.82) is 0 Å². The van der Waals surface area contributed by atoms with Gasteiger partial charge in [-0.15, -0.1) is 0 Å². The lowest BCUT2D eigenvalue weighted by Crippen LogP contribution is -2.24. The Kier molecular flexibility index (Phi) is 15.5. The molecule has 0 aromatic heterocycles. The molecule has 3 N–H and O–H groups in total. The predicted octanol–water partition coefficient (Wildman–Crippen LogP) is 11.0. The molecule has 0 unspecified atom stereocenters. The van der Waals surface area contributed by atoms with Gasteiger partial charge in [0.25, 0.3) is 0 Å². The smallest absolute Gasteiger partial charge is 0.220 e. The van der Waals surface area contributed by atoms with Gasteiger partial charge in [0, 0.05) is 25.8 Å². The first-order valence-corrected chi connectivity index (χ1v) is 19.0. The fourth-order valence-electron chi connectivity index (χ4n) is 6.45. The molecule has 2 aromatic rings. The zero-order chi connectivity index (χ0) is 37.2. The Morgan fingerprint density at radius 3 is 1.18 bits per heavy atom. The molecule has 0 spiro atoms. The summed E-state index contributed by atoms with van der Waals surface area (Å²) in [5.74, 6) is 1.19. The number of carbonyl (C=O) groups is 2. The molecule has 5 heteroatoms. The van der Waals surface area contributed by atoms with Crippen LogP contribution in [0.1, 0.15) is 187 Å². The zero-order valence-electron chi connectivity index (χ0n) is 33.4. The van der Waals surface area contributed by atoms with Crippen LogP contribution in [0.25, 0.3) is 0 Å². The maximum atomic E-state index is 12.7. The molecular formula is C44H71NO4. The van der Waals surface area contributed by atoms with Gasteiger partial charge in [0.2, 0.25) is 5.91 Å². The maximum absolute atomic E-state index is 12.7. The molecule has 276 valence electrons. The average molecular weight is 678 g/mol. The molecular weight excluding hydrogens is 606 g/mol. The molecule has 0 radical (unpaired) electrons. The number of unbranched alkanes of at least 4 members (excludes halogenated alkanes) is 7. The number of hydrogen-bond acceptors (Lipinski definition) is 4. The van der Waals surface area contributed by atoms with Crippen LogP contribution in [0.3, 0.4) is 0 Å². The summed E-state index contributed by atoms with van der Waals surface area (Å²) in [6.07, 6.45) is 11.9. The number of nitrogens with one attached hydrogen (secondary N) is 1. The summed E-state index contributed by atoms with van der Waals surface area (Å²) in [6.45, 7) is 26.1. The molecule has 5 nitrogen and oxygen atoms in total. The minimum Gasteiger partial charge on any atom is -0.507 e. The quantitative estimate of drug-likeness (QED) is 0.145. The van der Waals surface area contributed by atoms with Crippen LogP contribution >= 0.6 is 0 Å². The Morgan fingerprint density at radius 1 is 0.490 bits per heavy atom. The number of hydrogen-bond donors (Lipinski definition) is 3. The molecule has 49 heavy (non-hydrogen) atoms. The number of Topliss-reactive ketones (excluding diaryl/α,β-unsaturated/α-hetero) is 1. The summed E-state index contributed by atoms with van der Waals surface area (Å²) < 4.78 is 0. The van der Waals surface area contributed by atoms with E-state index in [4.69, 9.17) is 0 Å². The Bertz CT molecular complexity index is 1200. The van der Waals surface area contributed by atoms with Crippen molar-refractivity contribution in [1.82, 2.24) is 5.32 Å². The van der Waals surface area contributed by atoms with Crippen LogP contribution in [-0.2, 0) is 44.1 Å². The van der Waals surface area contributed by atoms with Crippen LogP contribution in [-0.4, -0.2) is 28.4 Å². The summed E-state index contributed by atoms with van der Waals surface area (Å²) in [4.78, 5) is 25.2. The summed E-state index contributed by atoms with van der Waals surface area (Å²) in [5.41, 5.74) is 5.36. The van der Waals surface area contributed by atoms with Crippen LogP contribution in [0.15, 0.2) is 24.3 Å². The van der Waals surface area contributed by atoms with Gasteiger partial charge in [-0.2, -0.15) is 0 Å². The van der Waals surface area contributed by atoms with Crippen molar-refractivity contribution < 1.29 is 19.8 Å². The van der Waals surface area contributed by atoms with Crippen LogP contribution in [0.2, 0.25) is 0 Å². The minimum atomic E-state index is -0.175. The number of aryl methyl sites for hydroxylation is 2. The molecule has 0 atom stereocenters. The van der Waals surface area contributed by atoms with Gasteiger partial charge in [0.1, 0.15) is 17.3 Å². The molecule has 0 aliphatic carbocycles. The third-order valence-electron chi connectivity index (χ3n) is 9.61. The highest BCUT2D eigenvalue weighted by atomic mass is 16.3. The number of aromatic hydroxyl groups is 2. The van der Waals surface area contributed by atoms with E-state index < -0.39 is 0 Å². The van der Waals surface area contributed by atoms with E-state index in [1.165, 1.54) is 19.3 Å². The monoisotopic (exact) mass is 678 g/mol. The lowest BCUT2D eigenvalue weighted by atomic mass is 9.78. The highest BCUT2D eigenvalue weighted by Crippen LogP contribution is 2.41. The number of rotatable bonds is 17. The standard InChI is InChI=1S/C44H71NO4/c1-41(2,3)34-27-31(28-35(39(34)48)42(4,5)6)22-24-33(46)21-19-17-15-13-14-16-18-20-26-45-38(47)25-23-32-29-36(43(7,8)9)40(49)37(30-32)44(10,11)12/h27-30,48-49H,13-26H2,1-12H3,(H,45,47). The molecule has 0 aliphatic heterocycles. The second-order valence-electron chi connectivity index (χ2n) is 18.5. The van der Waals surface area contributed by atoms with Crippen molar-refractivity contribution >= 4 is 11.7 Å². The molecule has 0 bridgehead atoms. The van der Waals surface area contributed by atoms with E-state index in [1.54, 1.807) is 0 Å². The molecule has 0 saturated heterocycles. The molecule has 1 amide bonds. The van der Waals surface area contributed by atoms with E-state index in [2.05, 4.69) is 113 Å². The van der Waals surface area contributed by atoms with Gasteiger partial charge in [-0.1, -0.05) is 146 Å². The molecule has 2 rings (SSSR count). The van der Waals surface area contributed by atoms with E-state index in [0.29, 0.717) is 43.0 Å². The fourth-order valence-corrected chi connectivity index (χ4v) is 6.45. The molecule has 0 heterocycles. The topological polar surface area (TPSA) is 86.6 Å². The van der Waals surface area contributed by atoms with Gasteiger partial charge in [0.15, 0.2) is 0 Å². The fraction of sp³-hybridized carbons (Fsp3) is 0.682. The molecule has 0 fully saturated rings. The van der Waals surface area contributed by atoms with Gasteiger partial charge < -0.3 is 15.5 Å². The number of ketones is 1. The van der Waals surface area contributed by atoms with Crippen molar-refractivity contribution in [3.8, 4) is 11.5 Å². The average Bonchev–Trinajstić information content (AvgIpc) is 2.96. The SMILES string of the molecule is CC(C)(C)c1cc(CCC(=O)CCCCCCCCCCNC(=O)CCc2cc(C(C)(C)C)c(O)c(C(C)(C)C)c2)cc(C(C)(C)C)c1O. The van der Waals surface area contributed by atoms with Crippen LogP contribution in [0.4, 0.5) is 0 Å². The molecule has 0 aliphatic rings. The number of phenolic OH excluding ortho intramolecular Hbond substituents is 2. The third-order valence-corrected chi connectivity index (χ3v) is 9.61. The van der Waals surface area contributed by atoms with Crippen LogP contribution in [0, 0.1) is 0 Å². The highest BCUT2D eigenvalue weighted by Gasteiger charge is 2.28. The lowest BCUT2D eigenvalue weighted by molar-refractivity contribution is -0.121. The summed E-state index contributed by atoms with van der Waals surface area (Å²) in [7, 11) is 0. The normalized spacial score (nSPS) is 12.7. The molecule has 2 aromatic carbocycles. The summed E-state index contributed by atoms with van der Waals surface area (Å²) in [6, 6.07) is 8.32. The van der Waals surface area contributed by atoms with Crippen molar-refractivity contribution in [2.45, 2.75) is 188 Å². The number of phenols is 2. The first-order valence-electron chi connectivity index (χ1n) is 19.0. The molecule has 0 saturated carbocycles. The number of benzene rings is 2. The van der Waals surface area contributed by atoms with E-state index in [9.17, 15) is 19.8 Å². The van der Waals surface area contributed by atoms with Gasteiger partial charge in [0.05, 0.1) is 0 Å². The first-order chi connectivity index (χ1) is 22.5. The van der Waals surface area contributed by atoms with E-state index >= 15 is 0 Å². The Balaban J connectivity index is 1.61. The number of carbonyl (C=O) groups excluding carboxylic acids is 2. The maximum Gasteiger partial charge on any atom is 0.220 e. The van der Waals surface area contributed by atoms with Gasteiger partial charge in [-0.25, -0.2) is 0 Å². The Labute approximate surface area is 300 Å². The predicted molar refractivity (Wildman–Crippen MR) is 207 cm³/mol. The van der Waals surface area contributed by atoms with Gasteiger partial charge in [-0.05, 0) is 80.7 Å². The Morgan fingerprint density at radius 2 is 0.816 bits per heavy atom. The highest BCUT2D eigenvalue weighted by molar-refractivity contribution is 5.78.